The van der Waals surface area contributed by atoms with Gasteiger partial charge in [-0.3, -0.25) is 0 Å². The molecule has 20 heavy (non-hydrogen) atoms. The van der Waals surface area contributed by atoms with Crippen molar-refractivity contribution >= 4 is 0 Å². The van der Waals surface area contributed by atoms with Crippen LogP contribution in [0, 0.1) is 39.9 Å². The van der Waals surface area contributed by atoms with Crippen molar-refractivity contribution in [2.45, 2.75) is 79.8 Å². The minimum atomic E-state index is -0.140. The maximum absolute atomic E-state index is 11.1. The summed E-state index contributed by atoms with van der Waals surface area (Å²) >= 11 is 0. The summed E-state index contributed by atoms with van der Waals surface area (Å²) in [6.45, 7) is 14.2. The number of aliphatic hydroxyl groups is 1. The van der Waals surface area contributed by atoms with Crippen LogP contribution in [0.4, 0.5) is 0 Å². The summed E-state index contributed by atoms with van der Waals surface area (Å²) in [4.78, 5) is 0. The number of rotatable bonds is 1. The summed E-state index contributed by atoms with van der Waals surface area (Å²) < 4.78 is 0. The van der Waals surface area contributed by atoms with Crippen molar-refractivity contribution in [1.29, 1.82) is 0 Å². The van der Waals surface area contributed by atoms with E-state index in [0.29, 0.717) is 16.7 Å². The van der Waals surface area contributed by atoms with Crippen LogP contribution < -0.4 is 0 Å². The second-order valence-corrected chi connectivity index (χ2v) is 10.1. The van der Waals surface area contributed by atoms with Gasteiger partial charge in [-0.05, 0) is 65.6 Å². The van der Waals surface area contributed by atoms with Gasteiger partial charge in [0.2, 0.25) is 0 Å². The molecule has 0 spiro atoms. The van der Waals surface area contributed by atoms with E-state index in [9.17, 15) is 5.11 Å². The Morgan fingerprint density at radius 1 is 1.05 bits per heavy atom. The normalized spacial score (nSPS) is 48.1. The fourth-order valence-corrected chi connectivity index (χ4v) is 6.61. The highest BCUT2D eigenvalue weighted by Crippen LogP contribution is 2.72. The van der Waals surface area contributed by atoms with Gasteiger partial charge in [0.15, 0.2) is 0 Å². The van der Waals surface area contributed by atoms with E-state index in [2.05, 4.69) is 41.5 Å². The average Bonchev–Trinajstić information content (AvgIpc) is 2.78. The van der Waals surface area contributed by atoms with Gasteiger partial charge < -0.3 is 5.11 Å². The van der Waals surface area contributed by atoms with Gasteiger partial charge in [0.05, 0.1) is 6.10 Å². The SMILES string of the molecule is CC(C)(C)[C@@H](O)[C@H]1[C@H]2CC[C@@H]3[C@H]2C(C)(C)CCC[C@]13C. The molecule has 3 fully saturated rings. The topological polar surface area (TPSA) is 20.2 Å². The molecule has 116 valence electrons. The van der Waals surface area contributed by atoms with Crippen LogP contribution in [0.1, 0.15) is 73.6 Å². The second-order valence-electron chi connectivity index (χ2n) is 10.1. The summed E-state index contributed by atoms with van der Waals surface area (Å²) in [6.07, 6.45) is 6.73. The highest BCUT2D eigenvalue weighted by atomic mass is 16.3. The molecule has 0 aromatic heterocycles. The first-order chi connectivity index (χ1) is 9.09. The lowest BCUT2D eigenvalue weighted by molar-refractivity contribution is -0.0728. The molecule has 6 atom stereocenters. The zero-order valence-corrected chi connectivity index (χ0v) is 14.4. The third-order valence-electron chi connectivity index (χ3n) is 7.44. The Kier molecular flexibility index (Phi) is 3.16. The van der Waals surface area contributed by atoms with E-state index < -0.39 is 0 Å². The predicted molar refractivity (Wildman–Crippen MR) is 84.4 cm³/mol. The van der Waals surface area contributed by atoms with Crippen LogP contribution in [0.15, 0.2) is 0 Å². The Balaban J connectivity index is 2.02. The van der Waals surface area contributed by atoms with Gasteiger partial charge in [0.25, 0.3) is 0 Å². The van der Waals surface area contributed by atoms with Crippen LogP contribution >= 0.6 is 0 Å². The quantitative estimate of drug-likeness (QED) is 0.724. The first-order valence-electron chi connectivity index (χ1n) is 8.77. The van der Waals surface area contributed by atoms with Crippen LogP contribution in [0.3, 0.4) is 0 Å². The maximum Gasteiger partial charge on any atom is 0.0624 e. The van der Waals surface area contributed by atoms with Crippen molar-refractivity contribution in [3.8, 4) is 0 Å². The Hall–Kier alpha value is -0.0400. The average molecular weight is 278 g/mol. The number of hydrogen-bond donors (Lipinski definition) is 1. The zero-order chi connectivity index (χ0) is 14.9. The molecule has 0 aliphatic heterocycles. The molecule has 3 aliphatic rings. The van der Waals surface area contributed by atoms with Crippen molar-refractivity contribution in [2.24, 2.45) is 39.9 Å². The van der Waals surface area contributed by atoms with Crippen LogP contribution in [0.25, 0.3) is 0 Å². The van der Waals surface area contributed by atoms with Gasteiger partial charge in [0, 0.05) is 0 Å². The molecule has 0 aromatic carbocycles. The highest BCUT2D eigenvalue weighted by Gasteiger charge is 2.66. The molecule has 0 amide bonds. The molecular weight excluding hydrogens is 244 g/mol. The summed E-state index contributed by atoms with van der Waals surface area (Å²) in [5, 5.41) is 11.1. The van der Waals surface area contributed by atoms with Crippen LogP contribution in [0.5, 0.6) is 0 Å². The van der Waals surface area contributed by atoms with Crippen molar-refractivity contribution in [3.05, 3.63) is 0 Å². The Bertz CT molecular complexity index is 391. The van der Waals surface area contributed by atoms with Gasteiger partial charge in [-0.25, -0.2) is 0 Å². The molecule has 0 aromatic rings. The lowest BCUT2D eigenvalue weighted by Crippen LogP contribution is -2.46. The van der Waals surface area contributed by atoms with Crippen molar-refractivity contribution in [1.82, 2.24) is 0 Å². The molecule has 4 bridgehead atoms. The Morgan fingerprint density at radius 3 is 2.30 bits per heavy atom. The Labute approximate surface area is 125 Å². The predicted octanol–water partition coefficient (Wildman–Crippen LogP) is 4.88. The molecule has 1 N–H and O–H groups in total. The van der Waals surface area contributed by atoms with E-state index in [1.54, 1.807) is 0 Å². The number of aliphatic hydroxyl groups excluding tert-OH is 1. The van der Waals surface area contributed by atoms with Crippen molar-refractivity contribution < 1.29 is 5.11 Å². The minimum Gasteiger partial charge on any atom is -0.392 e. The standard InChI is InChI=1S/C19H34O/c1-17(2,3)16(20)15-12-8-9-13-14(12)18(4,5)10-7-11-19(13,15)6/h12-16,20H,7-11H2,1-6H3/t12-,13+,14-,15+,16-,19-/m0/s1. The molecule has 3 aliphatic carbocycles. The summed E-state index contributed by atoms with van der Waals surface area (Å²) in [5.74, 6) is 3.03. The molecule has 0 unspecified atom stereocenters. The van der Waals surface area contributed by atoms with Gasteiger partial charge in [-0.15, -0.1) is 0 Å². The van der Waals surface area contributed by atoms with E-state index in [1.165, 1.54) is 32.1 Å². The Morgan fingerprint density at radius 2 is 1.70 bits per heavy atom. The molecule has 0 saturated heterocycles. The second kappa shape index (κ2) is 4.24. The molecular formula is C19H34O. The van der Waals surface area contributed by atoms with Crippen LogP contribution in [0.2, 0.25) is 0 Å². The molecule has 1 nitrogen and oxygen atoms in total. The van der Waals surface area contributed by atoms with Crippen molar-refractivity contribution in [3.63, 3.8) is 0 Å². The first kappa shape index (κ1) is 14.9. The smallest absolute Gasteiger partial charge is 0.0624 e. The summed E-state index contributed by atoms with van der Waals surface area (Å²) in [5.41, 5.74) is 0.897. The van der Waals surface area contributed by atoms with Crippen LogP contribution in [-0.2, 0) is 0 Å². The zero-order valence-electron chi connectivity index (χ0n) is 14.4. The summed E-state index contributed by atoms with van der Waals surface area (Å²) in [7, 11) is 0. The monoisotopic (exact) mass is 278 g/mol. The van der Waals surface area contributed by atoms with Crippen molar-refractivity contribution in [2.75, 3.05) is 0 Å². The third-order valence-corrected chi connectivity index (χ3v) is 7.44. The van der Waals surface area contributed by atoms with E-state index in [1.807, 2.05) is 0 Å². The van der Waals surface area contributed by atoms with E-state index in [-0.39, 0.29) is 11.5 Å². The first-order valence-corrected chi connectivity index (χ1v) is 8.77. The lowest BCUT2D eigenvalue weighted by Gasteiger charge is -2.47. The molecule has 3 saturated carbocycles. The fraction of sp³-hybridized carbons (Fsp3) is 1.00. The summed E-state index contributed by atoms with van der Waals surface area (Å²) in [6, 6.07) is 0. The van der Waals surface area contributed by atoms with Gasteiger partial charge in [0.1, 0.15) is 0 Å². The molecule has 3 rings (SSSR count). The van der Waals surface area contributed by atoms with E-state index in [0.717, 1.165) is 17.8 Å². The largest absolute Gasteiger partial charge is 0.392 e. The number of hydrogen-bond acceptors (Lipinski definition) is 1. The highest BCUT2D eigenvalue weighted by molar-refractivity contribution is 5.15. The minimum absolute atomic E-state index is 0.0182. The molecule has 1 heteroatoms. The van der Waals surface area contributed by atoms with Gasteiger partial charge >= 0.3 is 0 Å². The third kappa shape index (κ3) is 1.84. The van der Waals surface area contributed by atoms with E-state index >= 15 is 0 Å². The van der Waals surface area contributed by atoms with Crippen LogP contribution in [-0.4, -0.2) is 11.2 Å². The molecule has 0 radical (unpaired) electrons. The fourth-order valence-electron chi connectivity index (χ4n) is 6.61. The molecule has 0 heterocycles. The van der Waals surface area contributed by atoms with Gasteiger partial charge in [-0.1, -0.05) is 48.0 Å². The maximum atomic E-state index is 11.1. The lowest BCUT2D eigenvalue weighted by atomic mass is 9.59. The van der Waals surface area contributed by atoms with Gasteiger partial charge in [-0.2, -0.15) is 0 Å². The van der Waals surface area contributed by atoms with E-state index in [4.69, 9.17) is 0 Å².